The summed E-state index contributed by atoms with van der Waals surface area (Å²) in [5.41, 5.74) is -3.86. The highest BCUT2D eigenvalue weighted by Crippen LogP contribution is 2.54. The van der Waals surface area contributed by atoms with Crippen LogP contribution in [0.3, 0.4) is 0 Å². The zero-order valence-electron chi connectivity index (χ0n) is 18.3. The minimum absolute atomic E-state index is 0.176. The van der Waals surface area contributed by atoms with Crippen molar-refractivity contribution in [3.63, 3.8) is 0 Å². The summed E-state index contributed by atoms with van der Waals surface area (Å²) < 4.78 is 11.5. The van der Waals surface area contributed by atoms with Gasteiger partial charge in [-0.1, -0.05) is 0 Å². The summed E-state index contributed by atoms with van der Waals surface area (Å²) in [5.74, 6) is -1.25. The number of aliphatic hydroxyl groups excluding tert-OH is 6. The number of aliphatic hydroxyl groups is 8. The molecule has 3 fully saturated rings. The molecule has 182 valence electrons. The van der Waals surface area contributed by atoms with E-state index >= 15 is 0 Å². The minimum atomic E-state index is -1.56. The molecule has 0 bridgehead atoms. The topological polar surface area (TPSA) is 180 Å². The molecule has 0 spiro atoms. The van der Waals surface area contributed by atoms with Crippen LogP contribution < -0.4 is 0 Å². The Morgan fingerprint density at radius 2 is 1.61 bits per heavy atom. The number of ether oxygens (including phenoxy) is 2. The van der Waals surface area contributed by atoms with Crippen molar-refractivity contribution in [3.8, 4) is 0 Å². The monoisotopic (exact) mass is 450 g/mol. The Balaban J connectivity index is 1.82. The van der Waals surface area contributed by atoms with Crippen LogP contribution in [0.25, 0.3) is 0 Å². The highest BCUT2D eigenvalue weighted by molar-refractivity contribution is 5.10. The van der Waals surface area contributed by atoms with E-state index in [4.69, 9.17) is 9.47 Å². The van der Waals surface area contributed by atoms with Gasteiger partial charge < -0.3 is 50.3 Å². The fourth-order valence-electron chi connectivity index (χ4n) is 5.72. The minimum Gasteiger partial charge on any atom is -0.394 e. The molecule has 3 aliphatic rings. The summed E-state index contributed by atoms with van der Waals surface area (Å²) in [4.78, 5) is 0. The molecule has 1 heterocycles. The second-order valence-corrected chi connectivity index (χ2v) is 10.3. The van der Waals surface area contributed by atoms with Gasteiger partial charge in [0.1, 0.15) is 24.4 Å². The largest absolute Gasteiger partial charge is 0.394 e. The molecule has 2 aliphatic carbocycles. The van der Waals surface area contributed by atoms with E-state index in [1.165, 1.54) is 6.92 Å². The first-order chi connectivity index (χ1) is 14.3. The average molecular weight is 451 g/mol. The van der Waals surface area contributed by atoms with Crippen LogP contribution in [0.5, 0.6) is 0 Å². The molecule has 2 saturated carbocycles. The van der Waals surface area contributed by atoms with E-state index in [1.807, 2.05) is 0 Å². The predicted molar refractivity (Wildman–Crippen MR) is 107 cm³/mol. The fraction of sp³-hybridized carbons (Fsp3) is 1.00. The molecule has 31 heavy (non-hydrogen) atoms. The van der Waals surface area contributed by atoms with Crippen LogP contribution in [0.4, 0.5) is 0 Å². The van der Waals surface area contributed by atoms with Gasteiger partial charge in [0.05, 0.1) is 36.1 Å². The Morgan fingerprint density at radius 1 is 0.968 bits per heavy atom. The van der Waals surface area contributed by atoms with Crippen molar-refractivity contribution in [1.29, 1.82) is 0 Å². The zero-order valence-corrected chi connectivity index (χ0v) is 18.3. The van der Waals surface area contributed by atoms with Gasteiger partial charge in [-0.15, -0.1) is 0 Å². The Hall–Kier alpha value is -0.400. The maximum absolute atomic E-state index is 11.1. The Labute approximate surface area is 182 Å². The molecule has 0 aromatic rings. The molecule has 0 aromatic heterocycles. The maximum Gasteiger partial charge on any atom is 0.187 e. The van der Waals surface area contributed by atoms with Crippen LogP contribution in [-0.2, 0) is 9.47 Å². The van der Waals surface area contributed by atoms with Gasteiger partial charge >= 0.3 is 0 Å². The third-order valence-electron chi connectivity index (χ3n) is 8.07. The van der Waals surface area contributed by atoms with Gasteiger partial charge in [-0.3, -0.25) is 0 Å². The molecule has 1 aliphatic heterocycles. The maximum atomic E-state index is 11.1. The first-order valence-corrected chi connectivity index (χ1v) is 11.0. The fourth-order valence-corrected chi connectivity index (χ4v) is 5.72. The number of rotatable bonds is 5. The lowest BCUT2D eigenvalue weighted by Crippen LogP contribution is -2.61. The van der Waals surface area contributed by atoms with Crippen molar-refractivity contribution in [2.75, 3.05) is 13.2 Å². The second kappa shape index (κ2) is 8.75. The number of hydrogen-bond acceptors (Lipinski definition) is 10. The first kappa shape index (κ1) is 25.2. The third kappa shape index (κ3) is 4.40. The molecule has 1 saturated heterocycles. The van der Waals surface area contributed by atoms with Crippen molar-refractivity contribution >= 4 is 0 Å². The quantitative estimate of drug-likeness (QED) is 0.230. The van der Waals surface area contributed by atoms with Crippen molar-refractivity contribution in [2.45, 2.75) is 100 Å². The Bertz CT molecular complexity index is 625. The summed E-state index contributed by atoms with van der Waals surface area (Å²) in [7, 11) is 0. The predicted octanol–water partition coefficient (Wildman–Crippen LogP) is -2.15. The van der Waals surface area contributed by atoms with Crippen LogP contribution in [-0.4, -0.2) is 108 Å². The SMILES string of the molecule is CC(C)(O[C@H]1O[C@@H](CO)[C@@H](O)[C@@H](O)[C@H]1O)[C@@H]1CC[C@](O)(CO)[C@@H]2C[C@H](O)[C@@](C)(O)[C@H]2C1. The van der Waals surface area contributed by atoms with Crippen molar-refractivity contribution in [1.82, 2.24) is 0 Å². The van der Waals surface area contributed by atoms with Gasteiger partial charge in [0.25, 0.3) is 0 Å². The van der Waals surface area contributed by atoms with Gasteiger partial charge in [-0.2, -0.15) is 0 Å². The lowest BCUT2D eigenvalue weighted by Gasteiger charge is -2.45. The summed E-state index contributed by atoms with van der Waals surface area (Å²) >= 11 is 0. The molecular formula is C21H38O10. The standard InChI is InChI=1S/C21H38O10/c1-19(2,31-18-17(27)16(26)15(25)13(8-22)30-18)10-4-5-21(29,9-23)12-7-14(24)20(3,28)11(12)6-10/h10-18,22-29H,4-9H2,1-3H3/t10-,11+,12-,13+,14+,15-,16-,17-,18-,20+,21+/m1/s1. The molecular weight excluding hydrogens is 412 g/mol. The smallest absolute Gasteiger partial charge is 0.187 e. The lowest BCUT2D eigenvalue weighted by molar-refractivity contribution is -0.329. The van der Waals surface area contributed by atoms with Gasteiger partial charge in [0, 0.05) is 0 Å². The molecule has 10 heteroatoms. The highest BCUT2D eigenvalue weighted by Gasteiger charge is 2.60. The van der Waals surface area contributed by atoms with Crippen LogP contribution in [0.1, 0.15) is 46.5 Å². The van der Waals surface area contributed by atoms with Gasteiger partial charge in [-0.05, 0) is 64.2 Å². The van der Waals surface area contributed by atoms with E-state index in [-0.39, 0.29) is 18.8 Å². The van der Waals surface area contributed by atoms with Crippen LogP contribution in [0.15, 0.2) is 0 Å². The van der Waals surface area contributed by atoms with E-state index in [2.05, 4.69) is 0 Å². The van der Waals surface area contributed by atoms with Gasteiger partial charge in [0.15, 0.2) is 6.29 Å². The number of fused-ring (bicyclic) bond motifs is 1. The summed E-state index contributed by atoms with van der Waals surface area (Å²) in [6.45, 7) is 4.00. The van der Waals surface area contributed by atoms with Crippen LogP contribution in [0.2, 0.25) is 0 Å². The molecule has 0 radical (unpaired) electrons. The lowest BCUT2D eigenvalue weighted by atomic mass is 9.74. The molecule has 0 aromatic carbocycles. The van der Waals surface area contributed by atoms with E-state index in [0.717, 1.165) is 0 Å². The van der Waals surface area contributed by atoms with E-state index in [0.29, 0.717) is 12.8 Å². The molecule has 0 unspecified atom stereocenters. The second-order valence-electron chi connectivity index (χ2n) is 10.3. The van der Waals surface area contributed by atoms with E-state index in [1.54, 1.807) is 13.8 Å². The van der Waals surface area contributed by atoms with E-state index < -0.39 is 78.7 Å². The molecule has 0 amide bonds. The average Bonchev–Trinajstić information content (AvgIpc) is 2.84. The Kier molecular flexibility index (Phi) is 7.12. The number of hydrogen-bond donors (Lipinski definition) is 8. The van der Waals surface area contributed by atoms with Crippen molar-refractivity contribution in [2.24, 2.45) is 17.8 Å². The van der Waals surface area contributed by atoms with Crippen molar-refractivity contribution in [3.05, 3.63) is 0 Å². The van der Waals surface area contributed by atoms with Gasteiger partial charge in [0.2, 0.25) is 0 Å². The van der Waals surface area contributed by atoms with E-state index in [9.17, 15) is 40.9 Å². The first-order valence-electron chi connectivity index (χ1n) is 11.0. The molecule has 11 atom stereocenters. The molecule has 3 rings (SSSR count). The third-order valence-corrected chi connectivity index (χ3v) is 8.07. The normalized spacial score (nSPS) is 51.4. The molecule has 8 N–H and O–H groups in total. The summed E-state index contributed by atoms with van der Waals surface area (Å²) in [6, 6.07) is 0. The van der Waals surface area contributed by atoms with Crippen molar-refractivity contribution < 1.29 is 50.3 Å². The highest BCUT2D eigenvalue weighted by atomic mass is 16.7. The van der Waals surface area contributed by atoms with Crippen LogP contribution in [0, 0.1) is 17.8 Å². The summed E-state index contributed by atoms with van der Waals surface area (Å²) in [6.07, 6.45) is -6.78. The summed E-state index contributed by atoms with van der Waals surface area (Å²) in [5, 5.41) is 82.1. The van der Waals surface area contributed by atoms with Crippen LogP contribution >= 0.6 is 0 Å². The zero-order chi connectivity index (χ0) is 23.4. The Morgan fingerprint density at radius 3 is 2.19 bits per heavy atom. The molecule has 10 nitrogen and oxygen atoms in total. The van der Waals surface area contributed by atoms with Gasteiger partial charge in [-0.25, -0.2) is 0 Å².